The van der Waals surface area contributed by atoms with Crippen molar-refractivity contribution in [2.24, 2.45) is 0 Å². The maximum Gasteiger partial charge on any atom is 0.259 e. The summed E-state index contributed by atoms with van der Waals surface area (Å²) in [4.78, 5) is 13.1. The van der Waals surface area contributed by atoms with Gasteiger partial charge in [-0.15, -0.1) is 0 Å². The number of amides is 1. The summed E-state index contributed by atoms with van der Waals surface area (Å²) in [6.07, 6.45) is -2.66. The van der Waals surface area contributed by atoms with Gasteiger partial charge in [0.05, 0.1) is 12.1 Å². The lowest BCUT2D eigenvalue weighted by Gasteiger charge is -2.22. The van der Waals surface area contributed by atoms with Gasteiger partial charge in [0.25, 0.3) is 12.3 Å². The minimum Gasteiger partial charge on any atom is -0.303 e. The highest BCUT2D eigenvalue weighted by atomic mass is 32.1. The van der Waals surface area contributed by atoms with Gasteiger partial charge in [-0.05, 0) is 35.7 Å². The number of hydrogen-bond donors (Lipinski definition) is 0. The number of rotatable bonds is 4. The second-order valence-corrected chi connectivity index (χ2v) is 4.58. The molecule has 0 unspecified atom stereocenters. The molecule has 1 amide bonds. The van der Waals surface area contributed by atoms with E-state index in [0.29, 0.717) is 5.56 Å². The van der Waals surface area contributed by atoms with E-state index in [1.54, 1.807) is 16.8 Å². The zero-order valence-electron chi connectivity index (χ0n) is 9.72. The van der Waals surface area contributed by atoms with Gasteiger partial charge in [-0.2, -0.15) is 11.3 Å². The lowest BCUT2D eigenvalue weighted by molar-refractivity contribution is 0.0946. The molecule has 19 heavy (non-hydrogen) atoms. The predicted molar refractivity (Wildman–Crippen MR) is 68.4 cm³/mol. The fourth-order valence-corrected chi connectivity index (χ4v) is 2.24. The van der Waals surface area contributed by atoms with Gasteiger partial charge in [0.15, 0.2) is 0 Å². The Bertz CT molecular complexity index is 540. The van der Waals surface area contributed by atoms with Crippen LogP contribution in [-0.2, 0) is 0 Å². The fourth-order valence-electron chi connectivity index (χ4n) is 1.61. The van der Waals surface area contributed by atoms with Gasteiger partial charge in [-0.1, -0.05) is 0 Å². The third kappa shape index (κ3) is 3.35. The molecule has 0 fully saturated rings. The van der Waals surface area contributed by atoms with Crippen LogP contribution in [0.3, 0.4) is 0 Å². The van der Waals surface area contributed by atoms with E-state index in [4.69, 9.17) is 0 Å². The summed E-state index contributed by atoms with van der Waals surface area (Å²) in [6, 6.07) is 6.45. The average Bonchev–Trinajstić information content (AvgIpc) is 2.90. The third-order valence-corrected chi connectivity index (χ3v) is 3.16. The Balaban J connectivity index is 2.30. The number of benzene rings is 1. The largest absolute Gasteiger partial charge is 0.303 e. The summed E-state index contributed by atoms with van der Waals surface area (Å²) in [6.45, 7) is -0.722. The molecule has 2 nitrogen and oxygen atoms in total. The molecule has 6 heteroatoms. The molecule has 0 saturated heterocycles. The van der Waals surface area contributed by atoms with Crippen molar-refractivity contribution in [1.82, 2.24) is 0 Å². The first-order valence-corrected chi connectivity index (χ1v) is 6.40. The maximum absolute atomic E-state index is 12.8. The summed E-state index contributed by atoms with van der Waals surface area (Å²) < 4.78 is 38.0. The lowest BCUT2D eigenvalue weighted by atomic mass is 10.2. The van der Waals surface area contributed by atoms with Crippen molar-refractivity contribution in [2.45, 2.75) is 6.43 Å². The summed E-state index contributed by atoms with van der Waals surface area (Å²) >= 11 is 1.31. The monoisotopic (exact) mass is 285 g/mol. The van der Waals surface area contributed by atoms with Crippen LogP contribution < -0.4 is 4.90 Å². The van der Waals surface area contributed by atoms with Crippen molar-refractivity contribution in [3.63, 3.8) is 0 Å². The van der Waals surface area contributed by atoms with E-state index in [-0.39, 0.29) is 5.69 Å². The number of hydrogen-bond acceptors (Lipinski definition) is 2. The topological polar surface area (TPSA) is 20.3 Å². The van der Waals surface area contributed by atoms with Gasteiger partial charge in [-0.3, -0.25) is 4.79 Å². The van der Waals surface area contributed by atoms with E-state index in [0.717, 1.165) is 17.0 Å². The molecule has 0 radical (unpaired) electrons. The number of nitrogens with zero attached hydrogens (tertiary/aromatic N) is 1. The molecule has 1 aromatic heterocycles. The molecule has 0 bridgehead atoms. The highest BCUT2D eigenvalue weighted by Crippen LogP contribution is 2.20. The number of carbonyl (C=O) groups is 1. The van der Waals surface area contributed by atoms with Crippen molar-refractivity contribution in [2.75, 3.05) is 11.4 Å². The summed E-state index contributed by atoms with van der Waals surface area (Å²) in [5.41, 5.74) is 0.591. The second kappa shape index (κ2) is 5.88. The van der Waals surface area contributed by atoms with Crippen molar-refractivity contribution in [1.29, 1.82) is 0 Å². The van der Waals surface area contributed by atoms with Crippen LogP contribution in [-0.4, -0.2) is 18.9 Å². The Morgan fingerprint density at radius 1 is 1.21 bits per heavy atom. The van der Waals surface area contributed by atoms with Gasteiger partial charge < -0.3 is 4.90 Å². The highest BCUT2D eigenvalue weighted by Gasteiger charge is 2.21. The zero-order valence-corrected chi connectivity index (χ0v) is 10.5. The van der Waals surface area contributed by atoms with E-state index in [1.807, 2.05) is 0 Å². The number of alkyl halides is 2. The Morgan fingerprint density at radius 3 is 2.42 bits per heavy atom. The third-order valence-electron chi connectivity index (χ3n) is 2.47. The van der Waals surface area contributed by atoms with E-state index in [1.165, 1.54) is 23.5 Å². The van der Waals surface area contributed by atoms with Crippen LogP contribution in [0, 0.1) is 5.82 Å². The van der Waals surface area contributed by atoms with E-state index < -0.39 is 24.7 Å². The van der Waals surface area contributed by atoms with Crippen LogP contribution >= 0.6 is 11.3 Å². The molecule has 0 spiro atoms. The normalized spacial score (nSPS) is 10.7. The van der Waals surface area contributed by atoms with Gasteiger partial charge >= 0.3 is 0 Å². The van der Waals surface area contributed by atoms with Crippen molar-refractivity contribution >= 4 is 22.9 Å². The molecular weight excluding hydrogens is 275 g/mol. The maximum atomic E-state index is 12.8. The molecule has 2 aromatic rings. The standard InChI is InChI=1S/C13H10F3NOS/c14-10-1-3-11(4-2-10)17(7-12(15)16)13(18)9-5-6-19-8-9/h1-6,8,12H,7H2. The summed E-state index contributed by atoms with van der Waals surface area (Å²) in [5.74, 6) is -1.00. The molecular formula is C13H10F3NOS. The fraction of sp³-hybridized carbons (Fsp3) is 0.154. The highest BCUT2D eigenvalue weighted by molar-refractivity contribution is 7.08. The quantitative estimate of drug-likeness (QED) is 0.836. The molecule has 0 saturated carbocycles. The Morgan fingerprint density at radius 2 is 1.89 bits per heavy atom. The summed E-state index contributed by atoms with van der Waals surface area (Å²) in [5, 5.41) is 3.28. The molecule has 1 aromatic carbocycles. The molecule has 1 heterocycles. The second-order valence-electron chi connectivity index (χ2n) is 3.80. The first-order valence-electron chi connectivity index (χ1n) is 5.45. The molecule has 100 valence electrons. The van der Waals surface area contributed by atoms with Crippen molar-refractivity contribution < 1.29 is 18.0 Å². The number of thiophene rings is 1. The number of anilines is 1. The van der Waals surface area contributed by atoms with Gasteiger partial charge in [-0.25, -0.2) is 13.2 Å². The smallest absolute Gasteiger partial charge is 0.259 e. The molecule has 0 aliphatic heterocycles. The predicted octanol–water partition coefficient (Wildman–Crippen LogP) is 3.80. The zero-order chi connectivity index (χ0) is 13.8. The van der Waals surface area contributed by atoms with Gasteiger partial charge in [0.1, 0.15) is 5.82 Å². The van der Waals surface area contributed by atoms with Crippen LogP contribution in [0.4, 0.5) is 18.9 Å². The van der Waals surface area contributed by atoms with E-state index in [2.05, 4.69) is 0 Å². The molecule has 2 rings (SSSR count). The van der Waals surface area contributed by atoms with E-state index in [9.17, 15) is 18.0 Å². The van der Waals surface area contributed by atoms with Crippen LogP contribution in [0.1, 0.15) is 10.4 Å². The average molecular weight is 285 g/mol. The minimum absolute atomic E-state index is 0.248. The molecule has 0 atom stereocenters. The number of halogens is 3. The Kier molecular flexibility index (Phi) is 4.21. The van der Waals surface area contributed by atoms with Crippen molar-refractivity contribution in [3.8, 4) is 0 Å². The first kappa shape index (κ1) is 13.6. The summed E-state index contributed by atoms with van der Waals surface area (Å²) in [7, 11) is 0. The van der Waals surface area contributed by atoms with Crippen LogP contribution in [0.15, 0.2) is 41.1 Å². The lowest BCUT2D eigenvalue weighted by Crippen LogP contribution is -2.34. The Hall–Kier alpha value is -1.82. The van der Waals surface area contributed by atoms with Crippen LogP contribution in [0.5, 0.6) is 0 Å². The van der Waals surface area contributed by atoms with Gasteiger partial charge in [0.2, 0.25) is 0 Å². The first-order chi connectivity index (χ1) is 9.08. The van der Waals surface area contributed by atoms with Crippen molar-refractivity contribution in [3.05, 3.63) is 52.5 Å². The molecule has 0 N–H and O–H groups in total. The van der Waals surface area contributed by atoms with Crippen LogP contribution in [0.2, 0.25) is 0 Å². The molecule has 0 aliphatic carbocycles. The SMILES string of the molecule is O=C(c1ccsc1)N(CC(F)F)c1ccc(F)cc1. The number of carbonyl (C=O) groups excluding carboxylic acids is 1. The Labute approximate surface area is 112 Å². The van der Waals surface area contributed by atoms with E-state index >= 15 is 0 Å². The van der Waals surface area contributed by atoms with Gasteiger partial charge in [0, 0.05) is 11.1 Å². The molecule has 0 aliphatic rings. The van der Waals surface area contributed by atoms with Crippen LogP contribution in [0.25, 0.3) is 0 Å². The minimum atomic E-state index is -2.66.